The van der Waals surface area contributed by atoms with Gasteiger partial charge in [0, 0.05) is 24.2 Å². The molecule has 156 valence electrons. The van der Waals surface area contributed by atoms with Gasteiger partial charge in [-0.25, -0.2) is 13.5 Å². The topological polar surface area (TPSA) is 64.7 Å². The van der Waals surface area contributed by atoms with E-state index < -0.39 is 11.6 Å². The van der Waals surface area contributed by atoms with Gasteiger partial charge in [-0.2, -0.15) is 14.9 Å². The summed E-state index contributed by atoms with van der Waals surface area (Å²) in [5, 5.41) is 12.5. The highest BCUT2D eigenvalue weighted by atomic mass is 19.1. The zero-order valence-corrected chi connectivity index (χ0v) is 16.9. The van der Waals surface area contributed by atoms with Crippen molar-refractivity contribution in [1.29, 1.82) is 0 Å². The molecule has 0 amide bonds. The number of halogens is 2. The molecule has 1 aliphatic rings. The van der Waals surface area contributed by atoms with Gasteiger partial charge in [-0.05, 0) is 43.7 Å². The number of benzene rings is 2. The first kappa shape index (κ1) is 19.2. The van der Waals surface area contributed by atoms with Gasteiger partial charge in [0.2, 0.25) is 0 Å². The summed E-state index contributed by atoms with van der Waals surface area (Å²) in [6.07, 6.45) is 0. The molecular weight excluding hydrogens is 400 g/mol. The fraction of sp³-hybridized carbons (Fsp3) is 0.174. The van der Waals surface area contributed by atoms with Crippen molar-refractivity contribution in [3.8, 4) is 28.2 Å². The van der Waals surface area contributed by atoms with E-state index in [0.29, 0.717) is 35.0 Å². The summed E-state index contributed by atoms with van der Waals surface area (Å²) in [5.74, 6) is -0.682. The van der Waals surface area contributed by atoms with E-state index in [2.05, 4.69) is 15.5 Å². The summed E-state index contributed by atoms with van der Waals surface area (Å²) >= 11 is 0. The van der Waals surface area contributed by atoms with Crippen molar-refractivity contribution in [1.82, 2.24) is 19.6 Å². The van der Waals surface area contributed by atoms with Gasteiger partial charge in [0.15, 0.2) is 0 Å². The van der Waals surface area contributed by atoms with Gasteiger partial charge in [0.05, 0.1) is 23.0 Å². The minimum Gasteiger partial charge on any atom is -0.368 e. The van der Waals surface area contributed by atoms with Crippen molar-refractivity contribution < 1.29 is 8.78 Å². The molecule has 0 fully saturated rings. The average Bonchev–Trinajstić information content (AvgIpc) is 3.29. The van der Waals surface area contributed by atoms with Gasteiger partial charge < -0.3 is 5.32 Å². The molecule has 0 spiro atoms. The summed E-state index contributed by atoms with van der Waals surface area (Å²) in [7, 11) is 0. The molecule has 0 aliphatic carbocycles. The zero-order valence-electron chi connectivity index (χ0n) is 16.9. The Kier molecular flexibility index (Phi) is 4.43. The largest absolute Gasteiger partial charge is 0.368 e. The van der Waals surface area contributed by atoms with E-state index in [1.54, 1.807) is 10.7 Å². The van der Waals surface area contributed by atoms with Crippen LogP contribution in [0.25, 0.3) is 28.2 Å². The van der Waals surface area contributed by atoms with E-state index in [-0.39, 0.29) is 17.2 Å². The Labute approximate surface area is 176 Å². The molecule has 5 rings (SSSR count). The fourth-order valence-electron chi connectivity index (χ4n) is 3.88. The minimum absolute atomic E-state index is 0.0493. The molecular formula is C23H19F2N5O. The molecule has 2 aromatic carbocycles. The molecule has 0 radical (unpaired) electrons. The first-order chi connectivity index (χ1) is 14.9. The Bertz CT molecular complexity index is 1370. The molecule has 0 saturated heterocycles. The van der Waals surface area contributed by atoms with Gasteiger partial charge in [-0.15, -0.1) is 0 Å². The molecule has 3 heterocycles. The lowest BCUT2D eigenvalue weighted by Gasteiger charge is -2.11. The molecule has 0 bridgehead atoms. The van der Waals surface area contributed by atoms with Crippen LogP contribution in [0.15, 0.2) is 59.4 Å². The van der Waals surface area contributed by atoms with Crippen LogP contribution in [0, 0.1) is 18.6 Å². The number of rotatable bonds is 3. The summed E-state index contributed by atoms with van der Waals surface area (Å²) in [6, 6.07) is 13.9. The normalized spacial score (nSPS) is 15.0. The van der Waals surface area contributed by atoms with Gasteiger partial charge in [0.25, 0.3) is 5.56 Å². The third-order valence-electron chi connectivity index (χ3n) is 5.48. The molecule has 1 atom stereocenters. The molecule has 31 heavy (non-hydrogen) atoms. The molecule has 2 aromatic heterocycles. The van der Waals surface area contributed by atoms with Crippen molar-refractivity contribution in [2.45, 2.75) is 19.9 Å². The maximum Gasteiger partial charge on any atom is 0.271 e. The van der Waals surface area contributed by atoms with E-state index in [1.165, 1.54) is 22.9 Å². The van der Waals surface area contributed by atoms with Gasteiger partial charge in [0.1, 0.15) is 23.1 Å². The van der Waals surface area contributed by atoms with Crippen LogP contribution in [-0.4, -0.2) is 26.1 Å². The number of anilines is 1. The number of para-hydroxylation sites is 1. The number of aromatic nitrogens is 4. The first-order valence-electron chi connectivity index (χ1n) is 9.92. The van der Waals surface area contributed by atoms with Gasteiger partial charge >= 0.3 is 0 Å². The van der Waals surface area contributed by atoms with Crippen LogP contribution < -0.4 is 10.9 Å². The highest BCUT2D eigenvalue weighted by Crippen LogP contribution is 2.41. The van der Waals surface area contributed by atoms with Crippen LogP contribution in [0.5, 0.6) is 0 Å². The number of nitrogens with one attached hydrogen (secondary N) is 1. The van der Waals surface area contributed by atoms with Crippen LogP contribution in [0.2, 0.25) is 0 Å². The van der Waals surface area contributed by atoms with Crippen LogP contribution in [0.4, 0.5) is 14.6 Å². The lowest BCUT2D eigenvalue weighted by molar-refractivity contribution is 0.560. The quantitative estimate of drug-likeness (QED) is 0.537. The molecule has 4 aromatic rings. The van der Waals surface area contributed by atoms with Gasteiger partial charge in [-0.1, -0.05) is 18.2 Å². The standard InChI is InChI=1S/C23H19F2N5O/c1-13-5-3-4-6-19(13)30-20(31)10-9-18(27-30)21-22(16-8-7-15(24)11-17(16)25)28-29-14(2)12-26-23(21)29/h3-11,14,26H,12H2,1-2H3/t14-/m1/s1. The SMILES string of the molecule is Cc1ccccc1-n1nc(-c2c(-c3ccc(F)cc3F)nn3c2NC[C@H]3C)ccc1=O. The second-order valence-corrected chi connectivity index (χ2v) is 7.63. The van der Waals surface area contributed by atoms with E-state index in [9.17, 15) is 13.6 Å². The third kappa shape index (κ3) is 3.11. The number of hydrogen-bond acceptors (Lipinski definition) is 4. The van der Waals surface area contributed by atoms with E-state index >= 15 is 0 Å². The Morgan fingerprint density at radius 1 is 1.06 bits per heavy atom. The predicted octanol–water partition coefficient (Wildman–Crippen LogP) is 4.34. The van der Waals surface area contributed by atoms with Crippen molar-refractivity contribution in [3.05, 3.63) is 82.1 Å². The predicted molar refractivity (Wildman–Crippen MR) is 114 cm³/mol. The molecule has 0 unspecified atom stereocenters. The molecule has 1 N–H and O–H groups in total. The summed E-state index contributed by atoms with van der Waals surface area (Å²) in [5.41, 5.74) is 2.82. The molecule has 6 nitrogen and oxygen atoms in total. The highest BCUT2D eigenvalue weighted by Gasteiger charge is 2.30. The van der Waals surface area contributed by atoms with E-state index in [1.807, 2.05) is 38.1 Å². The third-order valence-corrected chi connectivity index (χ3v) is 5.48. The van der Waals surface area contributed by atoms with Gasteiger partial charge in [-0.3, -0.25) is 4.79 Å². The number of nitrogens with zero attached hydrogens (tertiary/aromatic N) is 4. The Morgan fingerprint density at radius 3 is 2.65 bits per heavy atom. The highest BCUT2D eigenvalue weighted by molar-refractivity contribution is 5.88. The average molecular weight is 419 g/mol. The smallest absolute Gasteiger partial charge is 0.271 e. The molecule has 1 aliphatic heterocycles. The lowest BCUT2D eigenvalue weighted by Crippen LogP contribution is -2.21. The van der Waals surface area contributed by atoms with Crippen molar-refractivity contribution in [2.24, 2.45) is 0 Å². The van der Waals surface area contributed by atoms with Crippen LogP contribution in [-0.2, 0) is 0 Å². The molecule has 8 heteroatoms. The minimum atomic E-state index is -0.710. The Hall–Kier alpha value is -3.81. The van der Waals surface area contributed by atoms with E-state index in [4.69, 9.17) is 0 Å². The first-order valence-corrected chi connectivity index (χ1v) is 9.92. The van der Waals surface area contributed by atoms with Crippen LogP contribution in [0.1, 0.15) is 18.5 Å². The summed E-state index contributed by atoms with van der Waals surface area (Å²) in [4.78, 5) is 12.6. The number of hydrogen-bond donors (Lipinski definition) is 1. The van der Waals surface area contributed by atoms with Crippen molar-refractivity contribution in [3.63, 3.8) is 0 Å². The van der Waals surface area contributed by atoms with Crippen LogP contribution >= 0.6 is 0 Å². The summed E-state index contributed by atoms with van der Waals surface area (Å²) in [6.45, 7) is 4.56. The Morgan fingerprint density at radius 2 is 1.87 bits per heavy atom. The zero-order chi connectivity index (χ0) is 21.7. The van der Waals surface area contributed by atoms with Crippen LogP contribution in [0.3, 0.4) is 0 Å². The van der Waals surface area contributed by atoms with Crippen molar-refractivity contribution >= 4 is 5.82 Å². The Balaban J connectivity index is 1.76. The number of aryl methyl sites for hydroxylation is 1. The maximum atomic E-state index is 14.7. The number of fused-ring (bicyclic) bond motifs is 1. The van der Waals surface area contributed by atoms with E-state index in [0.717, 1.165) is 11.6 Å². The molecule has 0 saturated carbocycles. The fourth-order valence-corrected chi connectivity index (χ4v) is 3.88. The van der Waals surface area contributed by atoms with Crippen molar-refractivity contribution in [2.75, 3.05) is 11.9 Å². The maximum absolute atomic E-state index is 14.7. The summed E-state index contributed by atoms with van der Waals surface area (Å²) < 4.78 is 31.3. The second kappa shape index (κ2) is 7.16. The lowest BCUT2D eigenvalue weighted by atomic mass is 10.0. The second-order valence-electron chi connectivity index (χ2n) is 7.63. The monoisotopic (exact) mass is 419 g/mol.